The number of urea groups is 1. The Balaban J connectivity index is 1.42. The first-order valence-corrected chi connectivity index (χ1v) is 10.8. The summed E-state index contributed by atoms with van der Waals surface area (Å²) in [5.74, 6) is -0.553. The van der Waals surface area contributed by atoms with Crippen molar-refractivity contribution in [3.8, 4) is 11.1 Å². The van der Waals surface area contributed by atoms with Gasteiger partial charge in [-0.3, -0.25) is 4.90 Å². The van der Waals surface area contributed by atoms with E-state index in [2.05, 4.69) is 18.5 Å². The van der Waals surface area contributed by atoms with Gasteiger partial charge in [-0.15, -0.1) is 0 Å². The molecule has 2 aliphatic rings. The molecule has 8 nitrogen and oxygen atoms in total. The topological polar surface area (TPSA) is 97.3 Å². The van der Waals surface area contributed by atoms with Gasteiger partial charge in [-0.2, -0.15) is 0 Å². The van der Waals surface area contributed by atoms with Crippen molar-refractivity contribution >= 4 is 12.0 Å². The predicted octanol–water partition coefficient (Wildman–Crippen LogP) is 3.57. The summed E-state index contributed by atoms with van der Waals surface area (Å²) in [5, 5.41) is 13.4. The Morgan fingerprint density at radius 2 is 1.85 bits per heavy atom. The number of allylic oxidation sites excluding steroid dienone is 1. The number of ether oxygens (including phenoxy) is 3. The number of carbonyl (C=O) groups is 2. The molecular formula is C26H26N2O6. The lowest BCUT2D eigenvalue weighted by molar-refractivity contribution is -0.0704. The lowest BCUT2D eigenvalue weighted by atomic mass is 10.0. The highest BCUT2D eigenvalue weighted by Crippen LogP contribution is 2.30. The van der Waals surface area contributed by atoms with E-state index >= 15 is 0 Å². The zero-order chi connectivity index (χ0) is 24.2. The quantitative estimate of drug-likeness (QED) is 0.482. The molecule has 2 aliphatic heterocycles. The molecule has 176 valence electrons. The number of aliphatic hydroxyl groups is 1. The Kier molecular flexibility index (Phi) is 6.81. The molecule has 2 aromatic carbocycles. The third-order valence-electron chi connectivity index (χ3n) is 5.75. The van der Waals surface area contributed by atoms with E-state index in [-0.39, 0.29) is 6.61 Å². The Morgan fingerprint density at radius 3 is 2.53 bits per heavy atom. The average Bonchev–Trinajstić information content (AvgIpc) is 3.15. The van der Waals surface area contributed by atoms with E-state index in [1.165, 1.54) is 11.2 Å². The summed E-state index contributed by atoms with van der Waals surface area (Å²) in [4.78, 5) is 26.3. The molecule has 1 saturated heterocycles. The molecule has 0 aliphatic carbocycles. The molecule has 4 atom stereocenters. The number of rotatable bonds is 7. The van der Waals surface area contributed by atoms with Crippen molar-refractivity contribution in [3.63, 3.8) is 0 Å². The van der Waals surface area contributed by atoms with Crippen LogP contribution >= 0.6 is 0 Å². The summed E-state index contributed by atoms with van der Waals surface area (Å²) in [5.41, 5.74) is 3.59. The van der Waals surface area contributed by atoms with Crippen molar-refractivity contribution in [3.05, 3.63) is 97.1 Å². The maximum absolute atomic E-state index is 12.6. The van der Waals surface area contributed by atoms with Crippen LogP contribution in [-0.2, 0) is 14.2 Å². The van der Waals surface area contributed by atoms with Gasteiger partial charge in [0.2, 0.25) is 0 Å². The number of hydrogen-bond donors (Lipinski definition) is 2. The summed E-state index contributed by atoms with van der Waals surface area (Å²) in [6.07, 6.45) is -1.21. The minimum absolute atomic E-state index is 0.223. The summed E-state index contributed by atoms with van der Waals surface area (Å²) < 4.78 is 16.7. The summed E-state index contributed by atoms with van der Waals surface area (Å²) in [6.45, 7) is 8.86. The van der Waals surface area contributed by atoms with Crippen LogP contribution in [-0.4, -0.2) is 53.2 Å². The van der Waals surface area contributed by atoms with Gasteiger partial charge in [0.1, 0.15) is 18.8 Å². The number of nitrogens with zero attached hydrogens (tertiary/aromatic N) is 1. The highest BCUT2D eigenvalue weighted by Gasteiger charge is 2.49. The van der Waals surface area contributed by atoms with Gasteiger partial charge in [0.15, 0.2) is 12.3 Å². The molecule has 2 amide bonds. The van der Waals surface area contributed by atoms with Crippen LogP contribution in [0.2, 0.25) is 0 Å². The van der Waals surface area contributed by atoms with E-state index in [1.807, 2.05) is 42.5 Å². The van der Waals surface area contributed by atoms with Gasteiger partial charge in [-0.1, -0.05) is 55.6 Å². The lowest BCUT2D eigenvalue weighted by Crippen LogP contribution is -2.50. The van der Waals surface area contributed by atoms with E-state index in [4.69, 9.17) is 14.2 Å². The predicted molar refractivity (Wildman–Crippen MR) is 125 cm³/mol. The largest absolute Gasteiger partial charge is 0.491 e. The van der Waals surface area contributed by atoms with Crippen LogP contribution in [0.4, 0.5) is 4.79 Å². The van der Waals surface area contributed by atoms with E-state index in [1.54, 1.807) is 25.3 Å². The minimum Gasteiger partial charge on any atom is -0.491 e. The molecule has 0 radical (unpaired) electrons. The van der Waals surface area contributed by atoms with Crippen LogP contribution in [0.3, 0.4) is 0 Å². The average molecular weight is 463 g/mol. The Labute approximate surface area is 197 Å². The zero-order valence-electron chi connectivity index (χ0n) is 18.7. The first-order valence-electron chi connectivity index (χ1n) is 10.8. The fourth-order valence-corrected chi connectivity index (χ4v) is 3.83. The molecule has 0 unspecified atom stereocenters. The molecule has 2 aromatic rings. The molecule has 2 heterocycles. The number of aliphatic hydroxyl groups excluding tert-OH is 1. The monoisotopic (exact) mass is 462 g/mol. The van der Waals surface area contributed by atoms with Gasteiger partial charge >= 0.3 is 12.0 Å². The fraction of sp³-hybridized carbons (Fsp3) is 0.231. The van der Waals surface area contributed by atoms with Gasteiger partial charge in [-0.05, 0) is 35.8 Å². The molecule has 0 aromatic heterocycles. The molecule has 4 rings (SSSR count). The lowest BCUT2D eigenvalue weighted by Gasteiger charge is -2.32. The molecule has 0 spiro atoms. The van der Waals surface area contributed by atoms with Crippen LogP contribution < -0.4 is 5.32 Å². The number of amides is 2. The van der Waals surface area contributed by atoms with Crippen molar-refractivity contribution in [1.82, 2.24) is 10.2 Å². The van der Waals surface area contributed by atoms with Crippen molar-refractivity contribution in [1.29, 1.82) is 0 Å². The molecule has 34 heavy (non-hydrogen) atoms. The van der Waals surface area contributed by atoms with Gasteiger partial charge < -0.3 is 24.6 Å². The molecule has 8 heteroatoms. The zero-order valence-corrected chi connectivity index (χ0v) is 18.7. The number of benzene rings is 2. The SMILES string of the molecule is C=CO[C@@H]1[C@H](O)[C@@H](COC(=O)c2ccc(-c3ccccc3)cc2)O[C@H]1N1C=C(C)C(=C)NC1=O. The van der Waals surface area contributed by atoms with Crippen LogP contribution in [0.5, 0.6) is 0 Å². The second-order valence-electron chi connectivity index (χ2n) is 7.99. The Bertz CT molecular complexity index is 1110. The van der Waals surface area contributed by atoms with Crippen molar-refractivity contribution in [2.75, 3.05) is 6.61 Å². The van der Waals surface area contributed by atoms with Crippen molar-refractivity contribution in [2.45, 2.75) is 31.5 Å². The highest BCUT2D eigenvalue weighted by molar-refractivity contribution is 5.90. The molecule has 2 N–H and O–H groups in total. The van der Waals surface area contributed by atoms with Crippen LogP contribution in [0.1, 0.15) is 17.3 Å². The van der Waals surface area contributed by atoms with E-state index in [0.717, 1.165) is 16.7 Å². The van der Waals surface area contributed by atoms with Gasteiger partial charge in [0.25, 0.3) is 0 Å². The molecule has 1 fully saturated rings. The van der Waals surface area contributed by atoms with E-state index in [0.29, 0.717) is 11.3 Å². The number of esters is 1. The van der Waals surface area contributed by atoms with Crippen LogP contribution in [0.15, 0.2) is 91.5 Å². The van der Waals surface area contributed by atoms with Crippen molar-refractivity contribution < 1.29 is 28.9 Å². The maximum Gasteiger partial charge on any atom is 0.338 e. The summed E-state index contributed by atoms with van der Waals surface area (Å²) in [7, 11) is 0. The van der Waals surface area contributed by atoms with E-state index < -0.39 is 36.5 Å². The maximum atomic E-state index is 12.6. The second kappa shape index (κ2) is 9.94. The van der Waals surface area contributed by atoms with Crippen LogP contribution in [0.25, 0.3) is 11.1 Å². The second-order valence-corrected chi connectivity index (χ2v) is 7.99. The van der Waals surface area contributed by atoms with Gasteiger partial charge in [0.05, 0.1) is 11.8 Å². The number of carbonyl (C=O) groups excluding carboxylic acids is 2. The van der Waals surface area contributed by atoms with Gasteiger partial charge in [0, 0.05) is 11.9 Å². The molecule has 0 bridgehead atoms. The summed E-state index contributed by atoms with van der Waals surface area (Å²) in [6, 6.07) is 16.4. The minimum atomic E-state index is -1.16. The van der Waals surface area contributed by atoms with Gasteiger partial charge in [-0.25, -0.2) is 9.59 Å². The first kappa shape index (κ1) is 23.3. The Hall–Kier alpha value is -3.88. The van der Waals surface area contributed by atoms with Crippen LogP contribution in [0, 0.1) is 0 Å². The smallest absolute Gasteiger partial charge is 0.338 e. The third kappa shape index (κ3) is 4.73. The molecular weight excluding hydrogens is 436 g/mol. The number of nitrogens with one attached hydrogen (secondary N) is 1. The van der Waals surface area contributed by atoms with Crippen molar-refractivity contribution in [2.24, 2.45) is 0 Å². The normalized spacial score (nSPS) is 24.3. The number of hydrogen-bond acceptors (Lipinski definition) is 6. The molecule has 0 saturated carbocycles. The highest BCUT2D eigenvalue weighted by atomic mass is 16.6. The third-order valence-corrected chi connectivity index (χ3v) is 5.75. The first-order chi connectivity index (χ1) is 16.4. The van der Waals surface area contributed by atoms with E-state index in [9.17, 15) is 14.7 Å². The standard InChI is InChI=1S/C26H26N2O6/c1-4-32-23-22(29)21(34-24(23)28-14-16(2)17(3)27-26(28)31)15-33-25(30)20-12-10-19(11-13-20)18-8-6-5-7-9-18/h4-14,21-24,29H,1,3,15H2,2H3,(H,27,31)/t21-,22-,23-,24-/m1/s1. The Morgan fingerprint density at radius 1 is 1.18 bits per heavy atom. The fourth-order valence-electron chi connectivity index (χ4n) is 3.83. The summed E-state index contributed by atoms with van der Waals surface area (Å²) >= 11 is 0.